The van der Waals surface area contributed by atoms with Crippen molar-refractivity contribution < 1.29 is 23.7 Å². The first kappa shape index (κ1) is 26.4. The largest absolute Gasteiger partial charge is 0.444 e. The van der Waals surface area contributed by atoms with E-state index in [0.29, 0.717) is 18.5 Å². The van der Waals surface area contributed by atoms with E-state index in [1.54, 1.807) is 33.0 Å². The summed E-state index contributed by atoms with van der Waals surface area (Å²) in [6.45, 7) is 13.0. The zero-order valence-corrected chi connectivity index (χ0v) is 20.1. The van der Waals surface area contributed by atoms with E-state index in [1.807, 2.05) is 51.6 Å². The highest BCUT2D eigenvalue weighted by atomic mass is 16.6. The fourth-order valence-electron chi connectivity index (χ4n) is 2.96. The van der Waals surface area contributed by atoms with Crippen LogP contribution >= 0.6 is 0 Å². The molecule has 174 valence electrons. The number of amides is 3. The van der Waals surface area contributed by atoms with E-state index in [1.165, 1.54) is 0 Å². The summed E-state index contributed by atoms with van der Waals surface area (Å²) >= 11 is 0. The van der Waals surface area contributed by atoms with Crippen molar-refractivity contribution in [2.24, 2.45) is 18.9 Å². The SMILES string of the molecule is CCC(C)C(NC(=O)OC(C)(C)C)C(=O)NC(C(=O)Nc1ccc[n+](C)c1)C(C)CC. The van der Waals surface area contributed by atoms with Crippen molar-refractivity contribution >= 4 is 23.6 Å². The molecule has 0 aromatic carbocycles. The number of ether oxygens (including phenoxy) is 1. The zero-order valence-electron chi connectivity index (χ0n) is 20.1. The van der Waals surface area contributed by atoms with Crippen LogP contribution < -0.4 is 20.5 Å². The average molecular weight is 436 g/mol. The number of aryl methyl sites for hydroxylation is 1. The molecule has 4 unspecified atom stereocenters. The van der Waals surface area contributed by atoms with Gasteiger partial charge in [-0.3, -0.25) is 9.59 Å². The molecular weight excluding hydrogens is 396 g/mol. The molecular formula is C23H39N4O4+. The van der Waals surface area contributed by atoms with Crippen LogP contribution in [0.1, 0.15) is 61.3 Å². The standard InChI is InChI=1S/C23H38N4O4/c1-9-15(3)18(20(28)24-17-12-11-13-27(8)14-17)25-21(29)19(16(4)10-2)26-22(30)31-23(5,6)7/h11-16,18-19H,9-10H2,1-8H3,(H2-,24,25,26,28,29,30)/p+1. The van der Waals surface area contributed by atoms with E-state index in [4.69, 9.17) is 4.74 Å². The molecule has 0 saturated carbocycles. The fraction of sp³-hybridized carbons (Fsp3) is 0.652. The Hall–Kier alpha value is -2.64. The third-order valence-corrected chi connectivity index (χ3v) is 5.17. The summed E-state index contributed by atoms with van der Waals surface area (Å²) in [5, 5.41) is 8.40. The Morgan fingerprint density at radius 1 is 1.00 bits per heavy atom. The molecule has 0 saturated heterocycles. The van der Waals surface area contributed by atoms with Crippen molar-refractivity contribution in [2.75, 3.05) is 5.32 Å². The Morgan fingerprint density at radius 2 is 1.55 bits per heavy atom. The first-order chi connectivity index (χ1) is 14.4. The monoisotopic (exact) mass is 435 g/mol. The Bertz CT molecular complexity index is 760. The molecule has 3 N–H and O–H groups in total. The number of aromatic nitrogens is 1. The number of nitrogens with one attached hydrogen (secondary N) is 3. The van der Waals surface area contributed by atoms with E-state index < -0.39 is 29.7 Å². The molecule has 0 bridgehead atoms. The minimum atomic E-state index is -0.811. The molecule has 0 aliphatic carbocycles. The van der Waals surface area contributed by atoms with Crippen LogP contribution in [0.5, 0.6) is 0 Å². The first-order valence-corrected chi connectivity index (χ1v) is 10.9. The Kier molecular flexibility index (Phi) is 9.94. The van der Waals surface area contributed by atoms with Crippen LogP contribution in [-0.2, 0) is 21.4 Å². The lowest BCUT2D eigenvalue weighted by molar-refractivity contribution is -0.670. The second-order valence-corrected chi connectivity index (χ2v) is 9.13. The van der Waals surface area contributed by atoms with E-state index >= 15 is 0 Å². The lowest BCUT2D eigenvalue weighted by Gasteiger charge is -2.29. The predicted molar refractivity (Wildman–Crippen MR) is 120 cm³/mol. The van der Waals surface area contributed by atoms with Gasteiger partial charge in [0.2, 0.25) is 11.8 Å². The number of carbonyl (C=O) groups is 3. The van der Waals surface area contributed by atoms with Gasteiger partial charge in [-0.15, -0.1) is 0 Å². The van der Waals surface area contributed by atoms with E-state index in [0.717, 1.165) is 0 Å². The van der Waals surface area contributed by atoms with Gasteiger partial charge in [-0.05, 0) is 38.7 Å². The number of alkyl carbamates (subject to hydrolysis) is 1. The molecule has 31 heavy (non-hydrogen) atoms. The highest BCUT2D eigenvalue weighted by molar-refractivity contribution is 5.98. The molecule has 0 aliphatic heterocycles. The smallest absolute Gasteiger partial charge is 0.408 e. The molecule has 3 amide bonds. The van der Waals surface area contributed by atoms with Crippen molar-refractivity contribution in [2.45, 2.75) is 79.0 Å². The van der Waals surface area contributed by atoms with Crippen LogP contribution in [0.2, 0.25) is 0 Å². The average Bonchev–Trinajstić information content (AvgIpc) is 2.67. The molecule has 8 heteroatoms. The van der Waals surface area contributed by atoms with Gasteiger partial charge in [0.05, 0.1) is 0 Å². The Balaban J connectivity index is 2.99. The molecule has 1 aromatic rings. The second kappa shape index (κ2) is 11.7. The van der Waals surface area contributed by atoms with E-state index in [9.17, 15) is 14.4 Å². The van der Waals surface area contributed by atoms with E-state index in [-0.39, 0.29) is 17.7 Å². The molecule has 0 spiro atoms. The molecule has 8 nitrogen and oxygen atoms in total. The first-order valence-electron chi connectivity index (χ1n) is 10.9. The predicted octanol–water partition coefficient (Wildman–Crippen LogP) is 2.92. The van der Waals surface area contributed by atoms with Gasteiger partial charge < -0.3 is 20.7 Å². The lowest BCUT2D eigenvalue weighted by atomic mass is 9.95. The van der Waals surface area contributed by atoms with Crippen LogP contribution in [0.3, 0.4) is 0 Å². The zero-order chi connectivity index (χ0) is 23.8. The molecule has 0 fully saturated rings. The number of hydrogen-bond donors (Lipinski definition) is 3. The summed E-state index contributed by atoms with van der Waals surface area (Å²) in [7, 11) is 1.86. The molecule has 1 rings (SSSR count). The van der Waals surface area contributed by atoms with Crippen molar-refractivity contribution in [1.29, 1.82) is 0 Å². The van der Waals surface area contributed by atoms with Crippen LogP contribution in [0.15, 0.2) is 24.5 Å². The highest BCUT2D eigenvalue weighted by Gasteiger charge is 2.33. The van der Waals surface area contributed by atoms with Crippen LogP contribution in [0, 0.1) is 11.8 Å². The van der Waals surface area contributed by atoms with Crippen LogP contribution in [-0.4, -0.2) is 35.6 Å². The molecule has 1 aromatic heterocycles. The summed E-state index contributed by atoms with van der Waals surface area (Å²) in [5.74, 6) is -0.935. The number of anilines is 1. The van der Waals surface area contributed by atoms with Gasteiger partial charge in [0.15, 0.2) is 12.4 Å². The minimum absolute atomic E-state index is 0.0967. The molecule has 4 atom stereocenters. The lowest BCUT2D eigenvalue weighted by Crippen LogP contribution is -2.56. The maximum absolute atomic E-state index is 13.1. The third kappa shape index (κ3) is 8.94. The number of carbonyl (C=O) groups excluding carboxylic acids is 3. The summed E-state index contributed by atoms with van der Waals surface area (Å²) in [4.78, 5) is 38.4. The molecule has 0 radical (unpaired) electrons. The topological polar surface area (TPSA) is 100 Å². The number of rotatable bonds is 9. The number of nitrogens with zero attached hydrogens (tertiary/aromatic N) is 1. The highest BCUT2D eigenvalue weighted by Crippen LogP contribution is 2.15. The molecule has 1 heterocycles. The summed E-state index contributed by atoms with van der Waals surface area (Å²) in [6.07, 6.45) is 4.37. The Labute approximate surface area is 186 Å². The maximum Gasteiger partial charge on any atom is 0.408 e. The molecule has 0 aliphatic rings. The van der Waals surface area contributed by atoms with Gasteiger partial charge in [-0.2, -0.15) is 0 Å². The van der Waals surface area contributed by atoms with Crippen LogP contribution in [0.4, 0.5) is 10.5 Å². The Morgan fingerprint density at radius 3 is 2.03 bits per heavy atom. The number of pyridine rings is 1. The third-order valence-electron chi connectivity index (χ3n) is 5.17. The van der Waals surface area contributed by atoms with Gasteiger partial charge in [-0.25, -0.2) is 9.36 Å². The van der Waals surface area contributed by atoms with Crippen molar-refractivity contribution in [3.8, 4) is 0 Å². The van der Waals surface area contributed by atoms with Gasteiger partial charge in [0.1, 0.15) is 30.4 Å². The quantitative estimate of drug-likeness (QED) is 0.519. The van der Waals surface area contributed by atoms with Crippen molar-refractivity contribution in [1.82, 2.24) is 10.6 Å². The van der Waals surface area contributed by atoms with Crippen molar-refractivity contribution in [3.05, 3.63) is 24.5 Å². The van der Waals surface area contributed by atoms with Gasteiger partial charge in [0.25, 0.3) is 0 Å². The van der Waals surface area contributed by atoms with Gasteiger partial charge in [0, 0.05) is 6.07 Å². The van der Waals surface area contributed by atoms with Crippen molar-refractivity contribution in [3.63, 3.8) is 0 Å². The minimum Gasteiger partial charge on any atom is -0.444 e. The summed E-state index contributed by atoms with van der Waals surface area (Å²) < 4.78 is 7.14. The normalized spacial score (nSPS) is 15.2. The number of hydrogen-bond acceptors (Lipinski definition) is 4. The van der Waals surface area contributed by atoms with Crippen LogP contribution in [0.25, 0.3) is 0 Å². The summed E-state index contributed by atoms with van der Waals surface area (Å²) in [5.41, 5.74) is -0.0335. The van der Waals surface area contributed by atoms with Gasteiger partial charge in [-0.1, -0.05) is 40.5 Å². The van der Waals surface area contributed by atoms with Gasteiger partial charge >= 0.3 is 6.09 Å². The second-order valence-electron chi connectivity index (χ2n) is 9.13. The van der Waals surface area contributed by atoms with E-state index in [2.05, 4.69) is 16.0 Å². The summed E-state index contributed by atoms with van der Waals surface area (Å²) in [6, 6.07) is 2.07. The maximum atomic E-state index is 13.1. The fourth-order valence-corrected chi connectivity index (χ4v) is 2.96.